The number of hydrogen-bond donors (Lipinski definition) is 1. The molecule has 0 aromatic carbocycles. The summed E-state index contributed by atoms with van der Waals surface area (Å²) < 4.78 is 5.02. The molecular formula is C7H11NOS. The van der Waals surface area contributed by atoms with Crippen molar-refractivity contribution in [1.82, 2.24) is 0 Å². The molecule has 0 amide bonds. The number of hydrogen-bond acceptors (Lipinski definition) is 3. The average molecular weight is 157 g/mol. The number of rotatable bonds is 3. The standard InChI is InChI=1S/C7H11NOS/c1-9-7-4-6(2-3-8)5-10-7/h4-5H,2-3,8H2,1H3. The summed E-state index contributed by atoms with van der Waals surface area (Å²) in [6, 6.07) is 2.03. The quantitative estimate of drug-likeness (QED) is 0.717. The maximum Gasteiger partial charge on any atom is 0.173 e. The van der Waals surface area contributed by atoms with E-state index in [0.717, 1.165) is 11.5 Å². The molecule has 0 radical (unpaired) electrons. The Morgan fingerprint density at radius 2 is 2.50 bits per heavy atom. The third kappa shape index (κ3) is 1.72. The number of methoxy groups -OCH3 is 1. The Labute approximate surface area is 64.6 Å². The van der Waals surface area contributed by atoms with E-state index in [2.05, 4.69) is 5.38 Å². The van der Waals surface area contributed by atoms with Crippen molar-refractivity contribution >= 4 is 11.3 Å². The highest BCUT2D eigenvalue weighted by atomic mass is 32.1. The van der Waals surface area contributed by atoms with Gasteiger partial charge < -0.3 is 10.5 Å². The molecule has 1 rings (SSSR count). The van der Waals surface area contributed by atoms with Gasteiger partial charge in [-0.3, -0.25) is 0 Å². The topological polar surface area (TPSA) is 35.2 Å². The van der Waals surface area contributed by atoms with Crippen molar-refractivity contribution in [3.63, 3.8) is 0 Å². The van der Waals surface area contributed by atoms with Crippen LogP contribution in [0.1, 0.15) is 5.56 Å². The molecule has 10 heavy (non-hydrogen) atoms. The number of thiophene rings is 1. The second kappa shape index (κ2) is 3.58. The lowest BCUT2D eigenvalue weighted by Crippen LogP contribution is -2.01. The summed E-state index contributed by atoms with van der Waals surface area (Å²) in [7, 11) is 1.68. The molecule has 0 spiro atoms. The lowest BCUT2D eigenvalue weighted by molar-refractivity contribution is 0.427. The van der Waals surface area contributed by atoms with Crippen LogP contribution in [0.5, 0.6) is 5.06 Å². The summed E-state index contributed by atoms with van der Waals surface area (Å²) >= 11 is 1.61. The maximum atomic E-state index is 5.38. The second-order valence-electron chi connectivity index (χ2n) is 2.02. The fourth-order valence-electron chi connectivity index (χ4n) is 0.758. The van der Waals surface area contributed by atoms with Gasteiger partial charge in [0.2, 0.25) is 0 Å². The molecule has 2 N–H and O–H groups in total. The van der Waals surface area contributed by atoms with E-state index in [9.17, 15) is 0 Å². The first-order chi connectivity index (χ1) is 4.86. The normalized spacial score (nSPS) is 9.80. The Hall–Kier alpha value is -0.540. The van der Waals surface area contributed by atoms with Crippen LogP contribution in [0, 0.1) is 0 Å². The Morgan fingerprint density at radius 3 is 3.00 bits per heavy atom. The molecule has 3 heteroatoms. The van der Waals surface area contributed by atoms with E-state index < -0.39 is 0 Å². The van der Waals surface area contributed by atoms with Gasteiger partial charge in [-0.05, 0) is 30.0 Å². The number of ether oxygens (including phenoxy) is 1. The van der Waals surface area contributed by atoms with E-state index in [1.54, 1.807) is 18.4 Å². The zero-order chi connectivity index (χ0) is 7.40. The maximum absolute atomic E-state index is 5.38. The average Bonchev–Trinajstić information content (AvgIpc) is 2.37. The van der Waals surface area contributed by atoms with Crippen LogP contribution in [0.4, 0.5) is 0 Å². The molecule has 0 fully saturated rings. The summed E-state index contributed by atoms with van der Waals surface area (Å²) in [6.07, 6.45) is 0.944. The smallest absolute Gasteiger partial charge is 0.173 e. The van der Waals surface area contributed by atoms with Crippen LogP contribution in [0.3, 0.4) is 0 Å². The van der Waals surface area contributed by atoms with E-state index in [1.165, 1.54) is 5.56 Å². The van der Waals surface area contributed by atoms with Gasteiger partial charge >= 0.3 is 0 Å². The fraction of sp³-hybridized carbons (Fsp3) is 0.429. The molecule has 0 aliphatic heterocycles. The molecule has 0 atom stereocenters. The van der Waals surface area contributed by atoms with Gasteiger partial charge in [-0.15, -0.1) is 11.3 Å². The van der Waals surface area contributed by atoms with Crippen LogP contribution < -0.4 is 10.5 Å². The predicted molar refractivity (Wildman–Crippen MR) is 43.6 cm³/mol. The molecule has 0 saturated carbocycles. The van der Waals surface area contributed by atoms with Gasteiger partial charge in [0.25, 0.3) is 0 Å². The fourth-order valence-corrected chi connectivity index (χ4v) is 1.53. The molecule has 1 heterocycles. The summed E-state index contributed by atoms with van der Waals surface area (Å²) in [5, 5.41) is 3.04. The van der Waals surface area contributed by atoms with Gasteiger partial charge in [-0.25, -0.2) is 0 Å². The SMILES string of the molecule is COc1cc(CCN)cs1. The zero-order valence-electron chi connectivity index (χ0n) is 5.96. The monoisotopic (exact) mass is 157 g/mol. The van der Waals surface area contributed by atoms with E-state index in [1.807, 2.05) is 6.07 Å². The van der Waals surface area contributed by atoms with Crippen LogP contribution in [0.2, 0.25) is 0 Å². The lowest BCUT2D eigenvalue weighted by atomic mass is 10.2. The van der Waals surface area contributed by atoms with Crippen LogP contribution >= 0.6 is 11.3 Å². The van der Waals surface area contributed by atoms with Crippen molar-refractivity contribution < 1.29 is 4.74 Å². The summed E-state index contributed by atoms with van der Waals surface area (Å²) in [6.45, 7) is 0.708. The Kier molecular flexibility index (Phi) is 2.71. The predicted octanol–water partition coefficient (Wildman–Crippen LogP) is 1.26. The van der Waals surface area contributed by atoms with Gasteiger partial charge in [-0.1, -0.05) is 0 Å². The second-order valence-corrected chi connectivity index (χ2v) is 2.89. The van der Waals surface area contributed by atoms with Gasteiger partial charge in [0.15, 0.2) is 5.06 Å². The molecule has 1 aromatic heterocycles. The molecule has 1 aromatic rings. The van der Waals surface area contributed by atoms with Crippen molar-refractivity contribution in [2.24, 2.45) is 5.73 Å². The summed E-state index contributed by atoms with van der Waals surface area (Å²) in [5.74, 6) is 0. The third-order valence-corrected chi connectivity index (χ3v) is 2.20. The minimum absolute atomic E-state index is 0.708. The van der Waals surface area contributed by atoms with Gasteiger partial charge in [-0.2, -0.15) is 0 Å². The first-order valence-corrected chi connectivity index (χ1v) is 4.06. The molecule has 56 valence electrons. The van der Waals surface area contributed by atoms with Crippen molar-refractivity contribution in [1.29, 1.82) is 0 Å². The van der Waals surface area contributed by atoms with E-state index >= 15 is 0 Å². The lowest BCUT2D eigenvalue weighted by Gasteiger charge is -1.90. The summed E-state index contributed by atoms with van der Waals surface area (Å²) in [4.78, 5) is 0. The number of nitrogens with two attached hydrogens (primary N) is 1. The van der Waals surface area contributed by atoms with E-state index in [4.69, 9.17) is 10.5 Å². The van der Waals surface area contributed by atoms with Crippen LogP contribution in [0.25, 0.3) is 0 Å². The molecule has 0 aliphatic carbocycles. The third-order valence-electron chi connectivity index (χ3n) is 1.26. The summed E-state index contributed by atoms with van der Waals surface area (Å²) in [5.41, 5.74) is 6.64. The largest absolute Gasteiger partial charge is 0.487 e. The molecular weight excluding hydrogens is 146 g/mol. The minimum Gasteiger partial charge on any atom is -0.487 e. The molecule has 0 saturated heterocycles. The first kappa shape index (κ1) is 7.57. The van der Waals surface area contributed by atoms with Crippen LogP contribution in [-0.4, -0.2) is 13.7 Å². The minimum atomic E-state index is 0.708. The van der Waals surface area contributed by atoms with Gasteiger partial charge in [0.1, 0.15) is 0 Å². The van der Waals surface area contributed by atoms with Crippen molar-refractivity contribution in [3.05, 3.63) is 17.0 Å². The van der Waals surface area contributed by atoms with Crippen molar-refractivity contribution in [3.8, 4) is 5.06 Å². The highest BCUT2D eigenvalue weighted by Crippen LogP contribution is 2.22. The molecule has 2 nitrogen and oxygen atoms in total. The first-order valence-electron chi connectivity index (χ1n) is 3.18. The van der Waals surface area contributed by atoms with Crippen LogP contribution in [0.15, 0.2) is 11.4 Å². The van der Waals surface area contributed by atoms with Gasteiger partial charge in [0, 0.05) is 0 Å². The zero-order valence-corrected chi connectivity index (χ0v) is 6.78. The highest BCUT2D eigenvalue weighted by molar-refractivity contribution is 7.12. The molecule has 0 bridgehead atoms. The van der Waals surface area contributed by atoms with E-state index in [0.29, 0.717) is 6.54 Å². The van der Waals surface area contributed by atoms with Gasteiger partial charge in [0.05, 0.1) is 7.11 Å². The van der Waals surface area contributed by atoms with Crippen molar-refractivity contribution in [2.75, 3.05) is 13.7 Å². The molecule has 0 unspecified atom stereocenters. The highest BCUT2D eigenvalue weighted by Gasteiger charge is 1.96. The van der Waals surface area contributed by atoms with Crippen LogP contribution in [-0.2, 0) is 6.42 Å². The van der Waals surface area contributed by atoms with E-state index in [-0.39, 0.29) is 0 Å². The molecule has 0 aliphatic rings. The van der Waals surface area contributed by atoms with Crippen molar-refractivity contribution in [2.45, 2.75) is 6.42 Å². The Bertz CT molecular complexity index is 197. The Balaban J connectivity index is 2.59. The Morgan fingerprint density at radius 1 is 1.70 bits per heavy atom.